The molecule has 1 aliphatic heterocycles. The van der Waals surface area contributed by atoms with Crippen molar-refractivity contribution in [2.24, 2.45) is 5.92 Å². The van der Waals surface area contributed by atoms with Crippen LogP contribution < -0.4 is 15.8 Å². The van der Waals surface area contributed by atoms with E-state index in [0.29, 0.717) is 6.54 Å². The average Bonchev–Trinajstić information content (AvgIpc) is 2.89. The number of anilines is 1. The fourth-order valence-electron chi connectivity index (χ4n) is 5.22. The Hall–Kier alpha value is -3.41. The predicted molar refractivity (Wildman–Crippen MR) is 134 cm³/mol. The van der Waals surface area contributed by atoms with E-state index >= 15 is 0 Å². The Labute approximate surface area is 200 Å². The van der Waals surface area contributed by atoms with Crippen molar-refractivity contribution < 1.29 is 4.79 Å². The third-order valence-corrected chi connectivity index (χ3v) is 7.18. The van der Waals surface area contributed by atoms with Crippen LogP contribution in [0.15, 0.2) is 65.5 Å². The van der Waals surface area contributed by atoms with E-state index in [9.17, 15) is 9.59 Å². The molecule has 1 aromatic heterocycles. The zero-order chi connectivity index (χ0) is 23.5. The van der Waals surface area contributed by atoms with Gasteiger partial charge in [0.15, 0.2) is 0 Å². The lowest BCUT2D eigenvalue weighted by Crippen LogP contribution is -2.45. The van der Waals surface area contributed by atoms with Gasteiger partial charge in [-0.25, -0.2) is 0 Å². The van der Waals surface area contributed by atoms with Gasteiger partial charge in [-0.15, -0.1) is 5.10 Å². The Kier molecular flexibility index (Phi) is 6.48. The van der Waals surface area contributed by atoms with E-state index in [0.717, 1.165) is 56.6 Å². The molecule has 176 valence electrons. The summed E-state index contributed by atoms with van der Waals surface area (Å²) in [5.41, 5.74) is 4.43. The fourth-order valence-corrected chi connectivity index (χ4v) is 5.22. The van der Waals surface area contributed by atoms with Crippen LogP contribution in [0.5, 0.6) is 0 Å². The van der Waals surface area contributed by atoms with Crippen LogP contribution in [0.4, 0.5) is 5.82 Å². The molecule has 2 atom stereocenters. The van der Waals surface area contributed by atoms with Gasteiger partial charge in [-0.3, -0.25) is 9.59 Å². The summed E-state index contributed by atoms with van der Waals surface area (Å²) in [5.74, 6) is 0.767. The minimum atomic E-state index is -0.157. The lowest BCUT2D eigenvalue weighted by molar-refractivity contribution is -0.126. The molecule has 2 heterocycles. The molecule has 34 heavy (non-hydrogen) atoms. The van der Waals surface area contributed by atoms with Crippen LogP contribution in [-0.2, 0) is 17.6 Å². The standard InChI is InChI=1S/C28H32N4O2/c1-2-20-12-14-23(15-13-20)32-27(33)17-16-26(30-32)31-18-6-9-22(19-31)28(34)29-25-11-5-8-21-7-3-4-10-24(21)25/h3-4,7,10,12-17,22,25H,2,5-6,8-9,11,18-19H2,1H3,(H,29,34)/t22-,25+/m1/s1. The van der Waals surface area contributed by atoms with Gasteiger partial charge < -0.3 is 10.2 Å². The summed E-state index contributed by atoms with van der Waals surface area (Å²) in [4.78, 5) is 27.9. The van der Waals surface area contributed by atoms with Crippen LogP contribution in [0.2, 0.25) is 0 Å². The number of aromatic nitrogens is 2. The lowest BCUT2D eigenvalue weighted by atomic mass is 9.87. The van der Waals surface area contributed by atoms with Gasteiger partial charge >= 0.3 is 0 Å². The molecule has 2 aromatic carbocycles. The molecule has 2 aliphatic rings. The molecule has 1 saturated heterocycles. The summed E-state index contributed by atoms with van der Waals surface area (Å²) in [5, 5.41) is 7.99. The molecule has 0 bridgehead atoms. The summed E-state index contributed by atoms with van der Waals surface area (Å²) in [6.07, 6.45) is 5.92. The van der Waals surface area contributed by atoms with Gasteiger partial charge in [-0.05, 0) is 73.4 Å². The molecule has 0 radical (unpaired) electrons. The minimum Gasteiger partial charge on any atom is -0.354 e. The molecule has 1 fully saturated rings. The van der Waals surface area contributed by atoms with Gasteiger partial charge in [0.05, 0.1) is 17.6 Å². The molecule has 0 saturated carbocycles. The maximum atomic E-state index is 13.2. The van der Waals surface area contributed by atoms with E-state index in [1.54, 1.807) is 12.1 Å². The number of rotatable bonds is 5. The second-order valence-corrected chi connectivity index (χ2v) is 9.40. The van der Waals surface area contributed by atoms with Gasteiger partial charge in [0.2, 0.25) is 5.91 Å². The van der Waals surface area contributed by atoms with Gasteiger partial charge in [-0.2, -0.15) is 4.68 Å². The summed E-state index contributed by atoms with van der Waals surface area (Å²) < 4.78 is 1.46. The van der Waals surface area contributed by atoms with E-state index in [2.05, 4.69) is 46.5 Å². The van der Waals surface area contributed by atoms with Crippen LogP contribution >= 0.6 is 0 Å². The number of hydrogen-bond acceptors (Lipinski definition) is 4. The monoisotopic (exact) mass is 456 g/mol. The largest absolute Gasteiger partial charge is 0.354 e. The van der Waals surface area contributed by atoms with E-state index < -0.39 is 0 Å². The Morgan fingerprint density at radius 2 is 1.85 bits per heavy atom. The van der Waals surface area contributed by atoms with E-state index in [1.165, 1.54) is 21.4 Å². The van der Waals surface area contributed by atoms with Crippen molar-refractivity contribution in [3.8, 4) is 5.69 Å². The van der Waals surface area contributed by atoms with Gasteiger partial charge in [-0.1, -0.05) is 43.3 Å². The number of carbonyl (C=O) groups excluding carboxylic acids is 1. The van der Waals surface area contributed by atoms with Crippen LogP contribution in [0, 0.1) is 5.92 Å². The highest BCUT2D eigenvalue weighted by Crippen LogP contribution is 2.30. The maximum Gasteiger partial charge on any atom is 0.271 e. The first-order valence-corrected chi connectivity index (χ1v) is 12.4. The highest BCUT2D eigenvalue weighted by atomic mass is 16.2. The Bertz CT molecular complexity index is 1220. The maximum absolute atomic E-state index is 13.2. The van der Waals surface area contributed by atoms with Crippen LogP contribution in [0.25, 0.3) is 5.69 Å². The van der Waals surface area contributed by atoms with Crippen LogP contribution in [0.1, 0.15) is 55.3 Å². The van der Waals surface area contributed by atoms with E-state index in [1.807, 2.05) is 24.3 Å². The summed E-state index contributed by atoms with van der Waals surface area (Å²) >= 11 is 0. The SMILES string of the molecule is CCc1ccc(-n2nc(N3CCC[C@@H](C(=O)N[C@H]4CCCc5ccccc54)C3)ccc2=O)cc1. The highest BCUT2D eigenvalue weighted by molar-refractivity contribution is 5.80. The van der Waals surface area contributed by atoms with Crippen molar-refractivity contribution in [3.05, 3.63) is 87.7 Å². The number of benzene rings is 2. The quantitative estimate of drug-likeness (QED) is 0.625. The predicted octanol–water partition coefficient (Wildman–Crippen LogP) is 4.21. The van der Waals surface area contributed by atoms with Crippen LogP contribution in [-0.4, -0.2) is 28.8 Å². The molecule has 3 aromatic rings. The first kappa shape index (κ1) is 22.4. The second-order valence-electron chi connectivity index (χ2n) is 9.40. The Morgan fingerprint density at radius 3 is 2.68 bits per heavy atom. The molecular formula is C28H32N4O2. The number of piperidine rings is 1. The molecule has 1 aliphatic carbocycles. The Morgan fingerprint density at radius 1 is 1.03 bits per heavy atom. The van der Waals surface area contributed by atoms with E-state index in [-0.39, 0.29) is 23.4 Å². The third-order valence-electron chi connectivity index (χ3n) is 7.18. The van der Waals surface area contributed by atoms with Crippen molar-refractivity contribution in [2.75, 3.05) is 18.0 Å². The number of nitrogens with one attached hydrogen (secondary N) is 1. The lowest BCUT2D eigenvalue weighted by Gasteiger charge is -2.34. The smallest absolute Gasteiger partial charge is 0.271 e. The Balaban J connectivity index is 1.31. The topological polar surface area (TPSA) is 67.2 Å². The summed E-state index contributed by atoms with van der Waals surface area (Å²) in [7, 11) is 0. The zero-order valence-corrected chi connectivity index (χ0v) is 19.7. The van der Waals surface area contributed by atoms with Crippen molar-refractivity contribution in [3.63, 3.8) is 0 Å². The first-order chi connectivity index (χ1) is 16.6. The van der Waals surface area contributed by atoms with E-state index in [4.69, 9.17) is 0 Å². The third kappa shape index (κ3) is 4.63. The molecule has 0 unspecified atom stereocenters. The first-order valence-electron chi connectivity index (χ1n) is 12.4. The molecule has 5 rings (SSSR count). The number of amides is 1. The number of nitrogens with zero attached hydrogens (tertiary/aromatic N) is 3. The molecule has 1 amide bonds. The highest BCUT2D eigenvalue weighted by Gasteiger charge is 2.30. The summed E-state index contributed by atoms with van der Waals surface area (Å²) in [6, 6.07) is 19.8. The van der Waals surface area contributed by atoms with Gasteiger partial charge in [0.1, 0.15) is 5.82 Å². The van der Waals surface area contributed by atoms with Crippen molar-refractivity contribution in [2.45, 2.75) is 51.5 Å². The van der Waals surface area contributed by atoms with Gasteiger partial charge in [0.25, 0.3) is 5.56 Å². The molecule has 6 nitrogen and oxygen atoms in total. The summed E-state index contributed by atoms with van der Waals surface area (Å²) in [6.45, 7) is 3.55. The number of aryl methyl sites for hydroxylation is 2. The van der Waals surface area contributed by atoms with Crippen molar-refractivity contribution >= 4 is 11.7 Å². The number of carbonyl (C=O) groups is 1. The average molecular weight is 457 g/mol. The van der Waals surface area contributed by atoms with Crippen LogP contribution in [0.3, 0.4) is 0 Å². The fraction of sp³-hybridized carbons (Fsp3) is 0.393. The zero-order valence-electron chi connectivity index (χ0n) is 19.7. The molecule has 6 heteroatoms. The molecular weight excluding hydrogens is 424 g/mol. The van der Waals surface area contributed by atoms with Crippen molar-refractivity contribution in [1.29, 1.82) is 0 Å². The van der Waals surface area contributed by atoms with Gasteiger partial charge in [0, 0.05) is 19.2 Å². The minimum absolute atomic E-state index is 0.0890. The molecule has 0 spiro atoms. The molecule has 1 N–H and O–H groups in total. The number of hydrogen-bond donors (Lipinski definition) is 1. The second kappa shape index (κ2) is 9.84. The normalized spacial score (nSPS) is 20.0. The number of fused-ring (bicyclic) bond motifs is 1. The van der Waals surface area contributed by atoms with Crippen molar-refractivity contribution in [1.82, 2.24) is 15.1 Å².